The lowest BCUT2D eigenvalue weighted by Gasteiger charge is -2.06. The van der Waals surface area contributed by atoms with E-state index in [4.69, 9.17) is 10.5 Å². The van der Waals surface area contributed by atoms with E-state index >= 15 is 0 Å². The van der Waals surface area contributed by atoms with Gasteiger partial charge in [0.2, 0.25) is 5.95 Å². The van der Waals surface area contributed by atoms with Gasteiger partial charge in [-0.1, -0.05) is 12.1 Å². The van der Waals surface area contributed by atoms with Crippen LogP contribution in [-0.4, -0.2) is 27.6 Å². The Morgan fingerprint density at radius 2 is 2.14 bits per heavy atom. The number of aromatic nitrogens is 3. The standard InChI is InChI=1S/C20H19N5O2S/c1-12-16(14-6-7-18-23-20(21)24-25(18)11-14)9-17(28-12)19(26)22-10-13-4-3-5-15(8-13)27-2/h3-9,11H,10H2,1-2H3,(H2,21,24)(H,22,26). The van der Waals surface area contributed by atoms with Crippen LogP contribution in [0.4, 0.5) is 5.95 Å². The molecule has 0 radical (unpaired) electrons. The fourth-order valence-electron chi connectivity index (χ4n) is 2.99. The predicted octanol–water partition coefficient (Wildman–Crippen LogP) is 3.29. The number of aryl methyl sites for hydroxylation is 1. The Morgan fingerprint density at radius 3 is 2.96 bits per heavy atom. The number of methoxy groups -OCH3 is 1. The number of nitrogen functional groups attached to an aromatic ring is 1. The summed E-state index contributed by atoms with van der Waals surface area (Å²) in [6.45, 7) is 2.44. The van der Waals surface area contributed by atoms with Crippen LogP contribution in [0.1, 0.15) is 20.1 Å². The number of rotatable bonds is 5. The van der Waals surface area contributed by atoms with Gasteiger partial charge in [-0.2, -0.15) is 4.98 Å². The average molecular weight is 393 g/mol. The van der Waals surface area contributed by atoms with Crippen LogP contribution in [0.25, 0.3) is 16.8 Å². The smallest absolute Gasteiger partial charge is 0.261 e. The first-order valence-corrected chi connectivity index (χ1v) is 9.49. The van der Waals surface area contributed by atoms with Crippen molar-refractivity contribution in [3.05, 3.63) is 64.0 Å². The molecule has 7 nitrogen and oxygen atoms in total. The normalized spacial score (nSPS) is 10.9. The third-order valence-corrected chi connectivity index (χ3v) is 5.44. The molecule has 0 aliphatic heterocycles. The van der Waals surface area contributed by atoms with Gasteiger partial charge < -0.3 is 15.8 Å². The molecule has 3 aromatic heterocycles. The zero-order valence-electron chi connectivity index (χ0n) is 15.5. The first-order valence-electron chi connectivity index (χ1n) is 8.67. The number of nitrogens with one attached hydrogen (secondary N) is 1. The van der Waals surface area contributed by atoms with Gasteiger partial charge in [-0.3, -0.25) is 4.79 Å². The molecule has 4 aromatic rings. The molecular formula is C20H19N5O2S. The molecule has 1 aromatic carbocycles. The van der Waals surface area contributed by atoms with Crippen LogP contribution in [-0.2, 0) is 6.54 Å². The summed E-state index contributed by atoms with van der Waals surface area (Å²) in [4.78, 5) is 18.5. The highest BCUT2D eigenvalue weighted by molar-refractivity contribution is 7.14. The summed E-state index contributed by atoms with van der Waals surface area (Å²) < 4.78 is 6.86. The minimum absolute atomic E-state index is 0.103. The van der Waals surface area contributed by atoms with Gasteiger partial charge in [-0.15, -0.1) is 16.4 Å². The zero-order chi connectivity index (χ0) is 19.7. The molecule has 0 atom stereocenters. The van der Waals surface area contributed by atoms with Crippen LogP contribution >= 0.6 is 11.3 Å². The van der Waals surface area contributed by atoms with Crippen molar-refractivity contribution in [2.24, 2.45) is 0 Å². The summed E-state index contributed by atoms with van der Waals surface area (Å²) in [6, 6.07) is 13.4. The van der Waals surface area contributed by atoms with Gasteiger partial charge >= 0.3 is 0 Å². The molecule has 0 saturated heterocycles. The first-order chi connectivity index (χ1) is 13.5. The third kappa shape index (κ3) is 3.54. The first kappa shape index (κ1) is 18.0. The van der Waals surface area contributed by atoms with Crippen molar-refractivity contribution in [3.8, 4) is 16.9 Å². The van der Waals surface area contributed by atoms with Gasteiger partial charge in [0, 0.05) is 23.2 Å². The molecule has 0 bridgehead atoms. The molecule has 0 saturated carbocycles. The van der Waals surface area contributed by atoms with Crippen LogP contribution in [0, 0.1) is 6.92 Å². The van der Waals surface area contributed by atoms with E-state index in [0.29, 0.717) is 17.1 Å². The number of nitrogens with zero attached hydrogens (tertiary/aromatic N) is 3. The largest absolute Gasteiger partial charge is 0.497 e. The van der Waals surface area contributed by atoms with Crippen molar-refractivity contribution < 1.29 is 9.53 Å². The minimum Gasteiger partial charge on any atom is -0.497 e. The number of carbonyl (C=O) groups excluding carboxylic acids is 1. The molecular weight excluding hydrogens is 374 g/mol. The number of benzene rings is 1. The summed E-state index contributed by atoms with van der Waals surface area (Å²) in [6.07, 6.45) is 1.87. The molecule has 8 heteroatoms. The Hall–Kier alpha value is -3.39. The lowest BCUT2D eigenvalue weighted by atomic mass is 10.1. The van der Waals surface area contributed by atoms with Gasteiger partial charge in [0.1, 0.15) is 5.75 Å². The molecule has 142 valence electrons. The van der Waals surface area contributed by atoms with Crippen molar-refractivity contribution in [2.75, 3.05) is 12.8 Å². The fraction of sp³-hybridized carbons (Fsp3) is 0.150. The second-order valence-corrected chi connectivity index (χ2v) is 7.56. The number of amides is 1. The van der Waals surface area contributed by atoms with E-state index in [1.54, 1.807) is 11.6 Å². The SMILES string of the molecule is COc1cccc(CNC(=O)c2cc(-c3ccc4nc(N)nn4c3)c(C)s2)c1. The molecule has 0 aliphatic carbocycles. The number of nitrogens with two attached hydrogens (primary N) is 1. The van der Waals surface area contributed by atoms with E-state index in [1.807, 2.05) is 55.6 Å². The molecule has 0 fully saturated rings. The molecule has 28 heavy (non-hydrogen) atoms. The monoisotopic (exact) mass is 393 g/mol. The molecule has 0 aliphatic rings. The van der Waals surface area contributed by atoms with Crippen molar-refractivity contribution in [1.29, 1.82) is 0 Å². The second-order valence-electron chi connectivity index (χ2n) is 6.31. The Labute approximate surface area is 165 Å². The molecule has 0 unspecified atom stereocenters. The van der Waals surface area contributed by atoms with Gasteiger partial charge in [-0.05, 0) is 48.4 Å². The highest BCUT2D eigenvalue weighted by atomic mass is 32.1. The number of pyridine rings is 1. The van der Waals surface area contributed by atoms with Gasteiger partial charge in [-0.25, -0.2) is 4.52 Å². The van der Waals surface area contributed by atoms with Gasteiger partial charge in [0.25, 0.3) is 5.91 Å². The van der Waals surface area contributed by atoms with Gasteiger partial charge in [0.05, 0.1) is 12.0 Å². The average Bonchev–Trinajstić information content (AvgIpc) is 3.27. The van der Waals surface area contributed by atoms with Crippen LogP contribution in [0.2, 0.25) is 0 Å². The Bertz CT molecular complexity index is 1160. The van der Waals surface area contributed by atoms with Crippen LogP contribution in [0.5, 0.6) is 5.75 Å². The number of thiophene rings is 1. The number of carbonyl (C=O) groups is 1. The fourth-order valence-corrected chi connectivity index (χ4v) is 3.95. The van der Waals surface area contributed by atoms with Crippen LogP contribution in [0.15, 0.2) is 48.7 Å². The maximum absolute atomic E-state index is 12.6. The van der Waals surface area contributed by atoms with Crippen LogP contribution in [0.3, 0.4) is 0 Å². The second kappa shape index (κ2) is 7.32. The summed E-state index contributed by atoms with van der Waals surface area (Å²) in [5, 5.41) is 7.11. The zero-order valence-corrected chi connectivity index (χ0v) is 16.3. The number of ether oxygens (including phenoxy) is 1. The topological polar surface area (TPSA) is 94.5 Å². The molecule has 3 heterocycles. The molecule has 1 amide bonds. The summed E-state index contributed by atoms with van der Waals surface area (Å²) in [5.74, 6) is 0.898. The molecule has 4 rings (SSSR count). The maximum atomic E-state index is 12.6. The maximum Gasteiger partial charge on any atom is 0.261 e. The van der Waals surface area contributed by atoms with E-state index in [0.717, 1.165) is 27.3 Å². The summed E-state index contributed by atoms with van der Waals surface area (Å²) >= 11 is 1.46. The summed E-state index contributed by atoms with van der Waals surface area (Å²) in [7, 11) is 1.62. The number of hydrogen-bond acceptors (Lipinski definition) is 6. The van der Waals surface area contributed by atoms with E-state index < -0.39 is 0 Å². The number of anilines is 1. The quantitative estimate of drug-likeness (QED) is 0.543. The predicted molar refractivity (Wildman–Crippen MR) is 110 cm³/mol. The Kier molecular flexibility index (Phi) is 4.70. The van der Waals surface area contributed by atoms with Crippen molar-refractivity contribution in [2.45, 2.75) is 13.5 Å². The van der Waals surface area contributed by atoms with Crippen molar-refractivity contribution in [1.82, 2.24) is 19.9 Å². The number of hydrogen-bond donors (Lipinski definition) is 2. The van der Waals surface area contributed by atoms with Gasteiger partial charge in [0.15, 0.2) is 5.65 Å². The van der Waals surface area contributed by atoms with Crippen molar-refractivity contribution >= 4 is 28.8 Å². The van der Waals surface area contributed by atoms with E-state index in [2.05, 4.69) is 15.4 Å². The minimum atomic E-state index is -0.103. The Morgan fingerprint density at radius 1 is 1.29 bits per heavy atom. The molecule has 0 spiro atoms. The lowest BCUT2D eigenvalue weighted by molar-refractivity contribution is 0.0955. The highest BCUT2D eigenvalue weighted by Gasteiger charge is 2.14. The van der Waals surface area contributed by atoms with E-state index in [1.165, 1.54) is 11.3 Å². The highest BCUT2D eigenvalue weighted by Crippen LogP contribution is 2.31. The molecule has 3 N–H and O–H groups in total. The number of fused-ring (bicyclic) bond motifs is 1. The van der Waals surface area contributed by atoms with E-state index in [-0.39, 0.29) is 11.9 Å². The van der Waals surface area contributed by atoms with Crippen molar-refractivity contribution in [3.63, 3.8) is 0 Å². The lowest BCUT2D eigenvalue weighted by Crippen LogP contribution is -2.21. The van der Waals surface area contributed by atoms with E-state index in [9.17, 15) is 4.79 Å². The summed E-state index contributed by atoms with van der Waals surface area (Å²) in [5.41, 5.74) is 9.27. The van der Waals surface area contributed by atoms with Crippen LogP contribution < -0.4 is 15.8 Å². The third-order valence-electron chi connectivity index (χ3n) is 4.39. The Balaban J connectivity index is 1.53.